The Bertz CT molecular complexity index is 951. The molecule has 0 atom stereocenters. The highest BCUT2D eigenvalue weighted by Gasteiger charge is 2.04. The molecule has 2 aromatic heterocycles. The third-order valence-electron chi connectivity index (χ3n) is 3.06. The topological polar surface area (TPSA) is 130 Å². The highest BCUT2D eigenvalue weighted by Crippen LogP contribution is 2.28. The number of nitrogens with two attached hydrogens (primary N) is 1. The number of amides is 1. The molecule has 0 unspecified atom stereocenters. The predicted molar refractivity (Wildman–Crippen MR) is 95.3 cm³/mol. The zero-order chi connectivity index (χ0) is 17.6. The molecular formula is C15H14N8OS. The van der Waals surface area contributed by atoms with E-state index in [1.807, 2.05) is 25.1 Å². The molecule has 10 heteroatoms. The lowest BCUT2D eigenvalue weighted by Gasteiger charge is -2.05. The maximum Gasteiger partial charge on any atom is 0.269 e. The maximum atomic E-state index is 11.8. The number of nitrogens with one attached hydrogen (secondary N) is 2. The Morgan fingerprint density at radius 3 is 2.80 bits per heavy atom. The average Bonchev–Trinajstić information content (AvgIpc) is 3.02. The first-order chi connectivity index (χ1) is 12.1. The van der Waals surface area contributed by atoms with Crippen molar-refractivity contribution in [2.45, 2.75) is 6.92 Å². The summed E-state index contributed by atoms with van der Waals surface area (Å²) in [5.41, 5.74) is 12.8. The fraction of sp³-hybridized carbons (Fsp3) is 0.0667. The van der Waals surface area contributed by atoms with Crippen LogP contribution in [0.25, 0.3) is 10.2 Å². The summed E-state index contributed by atoms with van der Waals surface area (Å²) >= 11 is 1.40. The van der Waals surface area contributed by atoms with Crippen molar-refractivity contribution in [2.24, 2.45) is 21.2 Å². The number of hydrogen-bond donors (Lipinski definition) is 3. The molecular weight excluding hydrogens is 340 g/mol. The fourth-order valence-corrected chi connectivity index (χ4v) is 2.66. The third-order valence-corrected chi connectivity index (χ3v) is 3.98. The van der Waals surface area contributed by atoms with E-state index in [-0.39, 0.29) is 11.9 Å². The second kappa shape index (κ2) is 7.45. The van der Waals surface area contributed by atoms with Crippen molar-refractivity contribution in [3.05, 3.63) is 53.9 Å². The molecule has 3 aromatic rings. The van der Waals surface area contributed by atoms with Gasteiger partial charge in [0, 0.05) is 18.0 Å². The van der Waals surface area contributed by atoms with Crippen LogP contribution in [0.3, 0.4) is 0 Å². The summed E-state index contributed by atoms with van der Waals surface area (Å²) in [7, 11) is 0. The minimum Gasteiger partial charge on any atom is -0.367 e. The van der Waals surface area contributed by atoms with Crippen molar-refractivity contribution in [1.29, 1.82) is 0 Å². The Morgan fingerprint density at radius 1 is 1.20 bits per heavy atom. The zero-order valence-electron chi connectivity index (χ0n) is 13.2. The van der Waals surface area contributed by atoms with Crippen LogP contribution in [-0.4, -0.2) is 21.8 Å². The van der Waals surface area contributed by atoms with Crippen molar-refractivity contribution >= 4 is 38.6 Å². The molecule has 3 rings (SSSR count). The quantitative estimate of drug-likeness (QED) is 0.287. The monoisotopic (exact) mass is 354 g/mol. The number of benzene rings is 1. The first-order valence-corrected chi connectivity index (χ1v) is 8.01. The molecule has 1 aromatic carbocycles. The van der Waals surface area contributed by atoms with E-state index in [1.54, 1.807) is 12.1 Å². The Balaban J connectivity index is 1.58. The number of fused-ring (bicyclic) bond motifs is 1. The van der Waals surface area contributed by atoms with Gasteiger partial charge in [0.2, 0.25) is 11.1 Å². The molecule has 0 aliphatic heterocycles. The van der Waals surface area contributed by atoms with Crippen LogP contribution >= 0.6 is 11.3 Å². The summed E-state index contributed by atoms with van der Waals surface area (Å²) in [6.07, 6.45) is 3.03. The number of hydrogen-bond acceptors (Lipinski definition) is 6. The smallest absolute Gasteiger partial charge is 0.269 e. The Labute approximate surface area is 146 Å². The number of aromatic nitrogens is 2. The summed E-state index contributed by atoms with van der Waals surface area (Å²) in [5, 5.41) is 11.6. The lowest BCUT2D eigenvalue weighted by molar-refractivity contribution is 0.0943. The molecule has 0 saturated heterocycles. The highest BCUT2D eigenvalue weighted by molar-refractivity contribution is 7.21. The van der Waals surface area contributed by atoms with Crippen molar-refractivity contribution < 1.29 is 4.79 Å². The van der Waals surface area contributed by atoms with Crippen molar-refractivity contribution in [2.75, 3.05) is 0 Å². The average molecular weight is 354 g/mol. The minimum atomic E-state index is -0.376. The molecule has 0 saturated carbocycles. The van der Waals surface area contributed by atoms with Crippen LogP contribution in [0.1, 0.15) is 15.9 Å². The number of guanidine groups is 1. The van der Waals surface area contributed by atoms with Gasteiger partial charge in [-0.05, 0) is 42.0 Å². The van der Waals surface area contributed by atoms with Gasteiger partial charge in [-0.25, -0.2) is 4.98 Å². The number of hydrazine groups is 1. The maximum absolute atomic E-state index is 11.8. The van der Waals surface area contributed by atoms with Gasteiger partial charge in [-0.2, -0.15) is 0 Å². The molecule has 126 valence electrons. The zero-order valence-corrected chi connectivity index (χ0v) is 14.0. The number of pyridine rings is 1. The largest absolute Gasteiger partial charge is 0.367 e. The van der Waals surface area contributed by atoms with Gasteiger partial charge in [0.25, 0.3) is 5.91 Å². The lowest BCUT2D eigenvalue weighted by atomic mass is 10.2. The van der Waals surface area contributed by atoms with Crippen LogP contribution in [-0.2, 0) is 0 Å². The van der Waals surface area contributed by atoms with E-state index < -0.39 is 0 Å². The molecule has 0 aliphatic rings. The number of carbonyl (C=O) groups excluding carboxylic acids is 1. The van der Waals surface area contributed by atoms with Crippen LogP contribution in [0.4, 0.5) is 5.13 Å². The van der Waals surface area contributed by atoms with Gasteiger partial charge in [-0.3, -0.25) is 20.6 Å². The molecule has 9 nitrogen and oxygen atoms in total. The van der Waals surface area contributed by atoms with Crippen molar-refractivity contribution in [3.8, 4) is 0 Å². The van der Waals surface area contributed by atoms with Gasteiger partial charge in [0.15, 0.2) is 0 Å². The molecule has 2 heterocycles. The van der Waals surface area contributed by atoms with Crippen LogP contribution in [0.2, 0.25) is 0 Å². The summed E-state index contributed by atoms with van der Waals surface area (Å²) in [6.45, 7) is 2.00. The summed E-state index contributed by atoms with van der Waals surface area (Å²) in [5.74, 6) is -0.484. The normalized spacial score (nSPS) is 11.8. The summed E-state index contributed by atoms with van der Waals surface area (Å²) in [6, 6.07) is 9.10. The predicted octanol–water partition coefficient (Wildman–Crippen LogP) is 2.25. The number of nitrogens with zero attached hydrogens (tertiary/aromatic N) is 5. The van der Waals surface area contributed by atoms with Crippen LogP contribution in [0, 0.1) is 6.92 Å². The first kappa shape index (κ1) is 16.5. The van der Waals surface area contributed by atoms with E-state index in [2.05, 4.69) is 36.3 Å². The van der Waals surface area contributed by atoms with E-state index in [0.29, 0.717) is 10.7 Å². The Kier molecular flexibility index (Phi) is 4.90. The number of rotatable bonds is 3. The molecule has 0 aliphatic carbocycles. The number of carbonyl (C=O) groups is 1. The molecule has 0 spiro atoms. The van der Waals surface area contributed by atoms with Gasteiger partial charge in [-0.15, -0.1) is 0 Å². The van der Waals surface area contributed by atoms with Gasteiger partial charge in [-0.1, -0.05) is 27.6 Å². The molecule has 0 fully saturated rings. The minimum absolute atomic E-state index is 0.108. The third kappa shape index (κ3) is 4.32. The fourth-order valence-electron chi connectivity index (χ4n) is 1.90. The van der Waals surface area contributed by atoms with Gasteiger partial charge in [0.1, 0.15) is 0 Å². The molecule has 0 radical (unpaired) electrons. The van der Waals surface area contributed by atoms with E-state index in [1.165, 1.54) is 23.7 Å². The molecule has 4 N–H and O–H groups in total. The number of thiazole rings is 1. The van der Waals surface area contributed by atoms with E-state index >= 15 is 0 Å². The molecule has 0 bridgehead atoms. The lowest BCUT2D eigenvalue weighted by Crippen LogP contribution is -2.45. The van der Waals surface area contributed by atoms with E-state index in [9.17, 15) is 4.79 Å². The van der Waals surface area contributed by atoms with Crippen LogP contribution in [0.5, 0.6) is 0 Å². The van der Waals surface area contributed by atoms with Gasteiger partial charge in [0.05, 0.1) is 10.2 Å². The molecule has 1 amide bonds. The van der Waals surface area contributed by atoms with E-state index in [4.69, 9.17) is 5.73 Å². The summed E-state index contributed by atoms with van der Waals surface area (Å²) in [4.78, 5) is 20.0. The van der Waals surface area contributed by atoms with Gasteiger partial charge >= 0.3 is 0 Å². The molecule has 25 heavy (non-hydrogen) atoms. The summed E-state index contributed by atoms with van der Waals surface area (Å²) < 4.78 is 1.01. The Morgan fingerprint density at radius 2 is 2.00 bits per heavy atom. The van der Waals surface area contributed by atoms with Crippen LogP contribution in [0.15, 0.2) is 58.2 Å². The standard InChI is InChI=1S/C15H14N8OS/c1-9-2-3-12-11(8-9)18-15(25-12)22-23-21-14(16)20-19-13(24)10-4-6-17-7-5-10/h2-8H,1H3,(H,19,24)(H3,16,18,20,21,22). The van der Waals surface area contributed by atoms with E-state index in [0.717, 1.165) is 15.8 Å². The first-order valence-electron chi connectivity index (χ1n) is 7.19. The van der Waals surface area contributed by atoms with Crippen molar-refractivity contribution in [1.82, 2.24) is 20.8 Å². The highest BCUT2D eigenvalue weighted by atomic mass is 32.1. The van der Waals surface area contributed by atoms with Gasteiger partial charge < -0.3 is 5.73 Å². The van der Waals surface area contributed by atoms with Crippen LogP contribution < -0.4 is 16.6 Å². The van der Waals surface area contributed by atoms with Crippen molar-refractivity contribution in [3.63, 3.8) is 0 Å². The Hall–Kier alpha value is -3.40. The number of aryl methyl sites for hydroxylation is 1. The second-order valence-electron chi connectivity index (χ2n) is 4.96. The SMILES string of the molecule is Cc1ccc2sc(/N=N/N=C(/N)NNC(=O)c3ccncc3)nc2c1. The second-order valence-corrected chi connectivity index (χ2v) is 5.97.